The third kappa shape index (κ3) is 2.12. The minimum absolute atomic E-state index is 0.0285. The van der Waals surface area contributed by atoms with Crippen molar-refractivity contribution >= 4 is 16.2 Å². The molecule has 7 heteroatoms. The van der Waals surface area contributed by atoms with Crippen molar-refractivity contribution < 1.29 is 13.3 Å². The zero-order valence-electron chi connectivity index (χ0n) is 7.84. The van der Waals surface area contributed by atoms with E-state index in [1.54, 1.807) is 17.8 Å². The van der Waals surface area contributed by atoms with Crippen molar-refractivity contribution in [3.05, 3.63) is 18.0 Å². The highest BCUT2D eigenvalue weighted by atomic mass is 32.2. The van der Waals surface area contributed by atoms with E-state index in [-0.39, 0.29) is 4.90 Å². The predicted molar refractivity (Wildman–Crippen MR) is 51.4 cm³/mol. The average molecular weight is 217 g/mol. The minimum Gasteiger partial charge on any atom is -0.399 e. The number of nitrogens with zero attached hydrogens (tertiary/aromatic N) is 2. The second kappa shape index (κ2) is 3.81. The van der Waals surface area contributed by atoms with Crippen molar-refractivity contribution in [2.75, 3.05) is 7.11 Å². The fraction of sp³-hybridized carbons (Fsp3) is 0.286. The Kier molecular flexibility index (Phi) is 2.92. The molecule has 0 amide bonds. The Hall–Kier alpha value is -1.34. The lowest BCUT2D eigenvalue weighted by atomic mass is 10.5. The molecule has 1 heterocycles. The monoisotopic (exact) mass is 217 g/mol. The minimum atomic E-state index is -3.71. The van der Waals surface area contributed by atoms with Crippen molar-refractivity contribution in [2.45, 2.75) is 4.90 Å². The van der Waals surface area contributed by atoms with Crippen molar-refractivity contribution in [1.82, 2.24) is 4.57 Å². The van der Waals surface area contributed by atoms with Crippen LogP contribution in [0.15, 0.2) is 22.3 Å². The van der Waals surface area contributed by atoms with E-state index < -0.39 is 10.0 Å². The Morgan fingerprint density at radius 3 is 2.79 bits per heavy atom. The van der Waals surface area contributed by atoms with Crippen molar-refractivity contribution in [3.8, 4) is 0 Å². The fourth-order valence-corrected chi connectivity index (χ4v) is 1.76. The second-order valence-corrected chi connectivity index (χ2v) is 4.17. The van der Waals surface area contributed by atoms with Crippen molar-refractivity contribution in [3.63, 3.8) is 0 Å². The van der Waals surface area contributed by atoms with Crippen molar-refractivity contribution in [1.29, 1.82) is 0 Å². The number of hydrogen-bond acceptors (Lipinski definition) is 4. The molecule has 78 valence electrons. The Labute approximate surface area is 82.0 Å². The smallest absolute Gasteiger partial charge is 0.240 e. The molecule has 0 aliphatic rings. The Morgan fingerprint density at radius 2 is 2.29 bits per heavy atom. The molecule has 0 saturated carbocycles. The molecule has 0 radical (unpaired) electrons. The first-order valence-electron chi connectivity index (χ1n) is 3.71. The first kappa shape index (κ1) is 10.7. The maximum absolute atomic E-state index is 11.1. The Bertz CT molecular complexity index is 447. The van der Waals surface area contributed by atoms with Crippen LogP contribution in [0.3, 0.4) is 0 Å². The zero-order chi connectivity index (χ0) is 10.8. The highest BCUT2D eigenvalue weighted by Gasteiger charge is 2.15. The van der Waals surface area contributed by atoms with Gasteiger partial charge in [-0.3, -0.25) is 0 Å². The summed E-state index contributed by atoms with van der Waals surface area (Å²) in [6.45, 7) is 0. The summed E-state index contributed by atoms with van der Waals surface area (Å²) in [7, 11) is -0.653. The van der Waals surface area contributed by atoms with Crippen LogP contribution in [-0.4, -0.2) is 26.3 Å². The summed E-state index contributed by atoms with van der Waals surface area (Å²) in [5.74, 6) is 0. The third-order valence-corrected chi connectivity index (χ3v) is 2.63. The van der Waals surface area contributed by atoms with Crippen LogP contribution in [0.25, 0.3) is 0 Å². The van der Waals surface area contributed by atoms with Gasteiger partial charge in [-0.1, -0.05) is 5.16 Å². The molecular formula is C7H11N3O3S. The molecule has 0 atom stereocenters. The van der Waals surface area contributed by atoms with Crippen LogP contribution in [-0.2, 0) is 21.9 Å². The van der Waals surface area contributed by atoms with E-state index in [1.807, 2.05) is 0 Å². The van der Waals surface area contributed by atoms with Gasteiger partial charge in [0.2, 0.25) is 10.0 Å². The van der Waals surface area contributed by atoms with E-state index >= 15 is 0 Å². The molecule has 0 aliphatic carbocycles. The lowest BCUT2D eigenvalue weighted by Gasteiger charge is -1.99. The first-order chi connectivity index (χ1) is 6.46. The fourth-order valence-electron chi connectivity index (χ4n) is 1.02. The number of oxime groups is 1. The van der Waals surface area contributed by atoms with Crippen LogP contribution in [0.2, 0.25) is 0 Å². The highest BCUT2D eigenvalue weighted by molar-refractivity contribution is 7.89. The SMILES string of the molecule is CO/N=C/c1c(S(N)(=O)=O)ccn1C. The molecular weight excluding hydrogens is 206 g/mol. The predicted octanol–water partition coefficient (Wildman–Crippen LogP) is -0.347. The van der Waals surface area contributed by atoms with Crippen LogP contribution in [0.5, 0.6) is 0 Å². The van der Waals surface area contributed by atoms with Gasteiger partial charge in [0.05, 0.1) is 11.9 Å². The summed E-state index contributed by atoms with van der Waals surface area (Å²) >= 11 is 0. The van der Waals surface area contributed by atoms with Crippen LogP contribution in [0.1, 0.15) is 5.69 Å². The van der Waals surface area contributed by atoms with Gasteiger partial charge in [0.1, 0.15) is 12.0 Å². The number of primary sulfonamides is 1. The summed E-state index contributed by atoms with van der Waals surface area (Å²) in [6.07, 6.45) is 2.87. The maximum Gasteiger partial charge on any atom is 0.240 e. The van der Waals surface area contributed by atoms with E-state index in [0.29, 0.717) is 5.69 Å². The summed E-state index contributed by atoms with van der Waals surface area (Å²) in [5, 5.41) is 8.48. The largest absolute Gasteiger partial charge is 0.399 e. The van der Waals surface area contributed by atoms with E-state index in [0.717, 1.165) is 0 Å². The van der Waals surface area contributed by atoms with Crippen LogP contribution in [0, 0.1) is 0 Å². The molecule has 2 N–H and O–H groups in total. The van der Waals surface area contributed by atoms with Crippen LogP contribution in [0.4, 0.5) is 0 Å². The molecule has 1 rings (SSSR count). The van der Waals surface area contributed by atoms with Gasteiger partial charge in [-0.05, 0) is 6.07 Å². The van der Waals surface area contributed by atoms with Crippen molar-refractivity contribution in [2.24, 2.45) is 17.3 Å². The average Bonchev–Trinajstić information content (AvgIpc) is 2.42. The van der Waals surface area contributed by atoms with Gasteiger partial charge in [0.15, 0.2) is 0 Å². The number of aromatic nitrogens is 1. The first-order valence-corrected chi connectivity index (χ1v) is 5.26. The lowest BCUT2D eigenvalue weighted by Crippen LogP contribution is -2.14. The zero-order valence-corrected chi connectivity index (χ0v) is 8.65. The molecule has 6 nitrogen and oxygen atoms in total. The quantitative estimate of drug-likeness (QED) is 0.554. The molecule has 0 saturated heterocycles. The molecule has 0 aliphatic heterocycles. The summed E-state index contributed by atoms with van der Waals surface area (Å²) in [5.41, 5.74) is 0.384. The molecule has 0 bridgehead atoms. The van der Waals surface area contributed by atoms with E-state index in [1.165, 1.54) is 19.4 Å². The Morgan fingerprint density at radius 1 is 1.64 bits per heavy atom. The van der Waals surface area contributed by atoms with Crippen LogP contribution >= 0.6 is 0 Å². The summed E-state index contributed by atoms with van der Waals surface area (Å²) in [6, 6.07) is 1.41. The van der Waals surface area contributed by atoms with Crippen LogP contribution < -0.4 is 5.14 Å². The van der Waals surface area contributed by atoms with E-state index in [4.69, 9.17) is 5.14 Å². The lowest BCUT2D eigenvalue weighted by molar-refractivity contribution is 0.215. The second-order valence-electron chi connectivity index (χ2n) is 2.64. The normalized spacial score (nSPS) is 12.2. The van der Waals surface area contributed by atoms with Gasteiger partial charge in [0.25, 0.3) is 0 Å². The number of aryl methyl sites for hydroxylation is 1. The third-order valence-electron chi connectivity index (χ3n) is 1.67. The number of hydrogen-bond donors (Lipinski definition) is 1. The van der Waals surface area contributed by atoms with Gasteiger partial charge in [-0.15, -0.1) is 0 Å². The van der Waals surface area contributed by atoms with Gasteiger partial charge in [0, 0.05) is 13.2 Å². The summed E-state index contributed by atoms with van der Waals surface area (Å²) in [4.78, 5) is 4.49. The number of sulfonamides is 1. The standard InChI is InChI=1S/C7H11N3O3S/c1-10-4-3-7(14(8,11)12)6(10)5-9-13-2/h3-5H,1-2H3,(H2,8,11,12)/b9-5+. The van der Waals surface area contributed by atoms with Gasteiger partial charge < -0.3 is 9.40 Å². The molecule has 0 spiro atoms. The van der Waals surface area contributed by atoms with Gasteiger partial charge in [-0.2, -0.15) is 0 Å². The molecule has 0 fully saturated rings. The van der Waals surface area contributed by atoms with Gasteiger partial charge in [-0.25, -0.2) is 13.6 Å². The van der Waals surface area contributed by atoms with E-state index in [2.05, 4.69) is 9.99 Å². The van der Waals surface area contributed by atoms with Gasteiger partial charge >= 0.3 is 0 Å². The van der Waals surface area contributed by atoms with E-state index in [9.17, 15) is 8.42 Å². The topological polar surface area (TPSA) is 86.7 Å². The Balaban J connectivity index is 3.27. The number of rotatable bonds is 3. The molecule has 1 aromatic rings. The molecule has 1 aromatic heterocycles. The number of nitrogens with two attached hydrogens (primary N) is 1. The molecule has 0 aromatic carbocycles. The maximum atomic E-state index is 11.1. The highest BCUT2D eigenvalue weighted by Crippen LogP contribution is 2.12. The summed E-state index contributed by atoms with van der Waals surface area (Å²) < 4.78 is 23.8. The molecule has 0 unspecified atom stereocenters. The molecule has 14 heavy (non-hydrogen) atoms.